The van der Waals surface area contributed by atoms with Gasteiger partial charge < -0.3 is 21.5 Å². The number of nitrogen functional groups attached to an aromatic ring is 1. The molecule has 0 spiro atoms. The molecule has 1 aliphatic rings. The minimum absolute atomic E-state index is 0. The zero-order valence-electron chi connectivity index (χ0n) is 18.4. The number of hydrogen-bond donors (Lipinski definition) is 3. The Morgan fingerprint density at radius 2 is 1.78 bits per heavy atom. The monoisotopic (exact) mass is 549 g/mol. The van der Waals surface area contributed by atoms with Crippen molar-refractivity contribution in [2.24, 2.45) is 5.73 Å². The molecule has 1 fully saturated rings. The number of alkyl halides is 3. The van der Waals surface area contributed by atoms with Crippen LogP contribution in [-0.4, -0.2) is 27.4 Å². The van der Waals surface area contributed by atoms with Crippen LogP contribution >= 0.6 is 23.9 Å². The van der Waals surface area contributed by atoms with Crippen LogP contribution in [0.3, 0.4) is 0 Å². The first-order valence-corrected chi connectivity index (χ1v) is 11.3. The van der Waals surface area contributed by atoms with Crippen LogP contribution in [0, 0.1) is 11.6 Å². The summed E-state index contributed by atoms with van der Waals surface area (Å²) in [6.45, 7) is 0. The Hall–Kier alpha value is -3.03. The SMILES string of the molecule is Cl.Nc1cc(C(F)(F)F)c(-c2c(F)cccc2F)nc1C(=O)Nc1cnsc1O[C@H]1CC[C@H](N)CC1. The van der Waals surface area contributed by atoms with Gasteiger partial charge in [0.1, 0.15) is 17.3 Å². The molecule has 1 aromatic carbocycles. The summed E-state index contributed by atoms with van der Waals surface area (Å²) in [7, 11) is 0. The molecule has 194 valence electrons. The zero-order valence-corrected chi connectivity index (χ0v) is 20.1. The van der Waals surface area contributed by atoms with Gasteiger partial charge in [-0.1, -0.05) is 6.07 Å². The van der Waals surface area contributed by atoms with E-state index < -0.39 is 51.9 Å². The largest absolute Gasteiger partial charge is 0.478 e. The van der Waals surface area contributed by atoms with Gasteiger partial charge in [-0.25, -0.2) is 13.8 Å². The number of nitrogens with zero attached hydrogens (tertiary/aromatic N) is 2. The number of nitrogens with one attached hydrogen (secondary N) is 1. The fourth-order valence-corrected chi connectivity index (χ4v) is 4.41. The molecule has 2 aromatic heterocycles. The van der Waals surface area contributed by atoms with Crippen LogP contribution in [0.5, 0.6) is 5.06 Å². The summed E-state index contributed by atoms with van der Waals surface area (Å²) in [6.07, 6.45) is -0.852. The van der Waals surface area contributed by atoms with Crippen LogP contribution in [-0.2, 0) is 6.18 Å². The highest BCUT2D eigenvalue weighted by Gasteiger charge is 2.37. The number of carbonyl (C=O) groups excluding carboxylic acids is 1. The second-order valence-corrected chi connectivity index (χ2v) is 8.82. The van der Waals surface area contributed by atoms with Gasteiger partial charge in [0.25, 0.3) is 5.91 Å². The van der Waals surface area contributed by atoms with Gasteiger partial charge in [0.2, 0.25) is 5.06 Å². The molecule has 0 saturated heterocycles. The van der Waals surface area contributed by atoms with Gasteiger partial charge in [-0.15, -0.1) is 12.4 Å². The molecule has 1 aliphatic carbocycles. The normalized spacial score (nSPS) is 17.8. The maximum Gasteiger partial charge on any atom is 0.418 e. The van der Waals surface area contributed by atoms with Gasteiger partial charge in [-0.3, -0.25) is 4.79 Å². The summed E-state index contributed by atoms with van der Waals surface area (Å²) in [5, 5.41) is 2.76. The lowest BCUT2D eigenvalue weighted by Crippen LogP contribution is -2.31. The van der Waals surface area contributed by atoms with Gasteiger partial charge in [-0.2, -0.15) is 17.5 Å². The number of aromatic nitrogens is 2. The number of ether oxygens (including phenoxy) is 1. The lowest BCUT2D eigenvalue weighted by atomic mass is 9.94. The lowest BCUT2D eigenvalue weighted by Gasteiger charge is -2.26. The van der Waals surface area contributed by atoms with Crippen LogP contribution in [0.1, 0.15) is 41.7 Å². The molecule has 2 heterocycles. The average molecular weight is 550 g/mol. The highest BCUT2D eigenvalue weighted by atomic mass is 35.5. The Balaban J connectivity index is 0.00000361. The van der Waals surface area contributed by atoms with E-state index in [-0.39, 0.29) is 30.2 Å². The molecule has 0 bridgehead atoms. The predicted molar refractivity (Wildman–Crippen MR) is 127 cm³/mol. The Labute approximate surface area is 212 Å². The van der Waals surface area contributed by atoms with Crippen molar-refractivity contribution in [3.63, 3.8) is 0 Å². The van der Waals surface area contributed by atoms with Crippen molar-refractivity contribution in [2.45, 2.75) is 44.0 Å². The van der Waals surface area contributed by atoms with Crippen molar-refractivity contribution in [3.8, 4) is 16.3 Å². The summed E-state index contributed by atoms with van der Waals surface area (Å²) in [6, 6.07) is 3.11. The minimum atomic E-state index is -5.04. The van der Waals surface area contributed by atoms with Gasteiger partial charge in [0.15, 0.2) is 5.69 Å². The number of carbonyl (C=O) groups is 1. The van der Waals surface area contributed by atoms with Gasteiger partial charge >= 0.3 is 6.18 Å². The zero-order chi connectivity index (χ0) is 25.3. The van der Waals surface area contributed by atoms with E-state index in [0.717, 1.165) is 55.4 Å². The van der Waals surface area contributed by atoms with E-state index in [0.29, 0.717) is 11.1 Å². The van der Waals surface area contributed by atoms with E-state index in [1.54, 1.807) is 0 Å². The molecular formula is C22H21ClF5N5O2S. The smallest absolute Gasteiger partial charge is 0.418 e. The highest BCUT2D eigenvalue weighted by Crippen LogP contribution is 2.40. The number of hydrogen-bond acceptors (Lipinski definition) is 7. The molecule has 0 atom stereocenters. The van der Waals surface area contributed by atoms with Gasteiger partial charge in [-0.05, 0) is 43.9 Å². The Morgan fingerprint density at radius 1 is 1.14 bits per heavy atom. The molecule has 0 aliphatic heterocycles. The number of pyridine rings is 1. The number of anilines is 2. The molecule has 5 N–H and O–H groups in total. The summed E-state index contributed by atoms with van der Waals surface area (Å²) >= 11 is 0.977. The Kier molecular flexibility index (Phi) is 8.37. The number of rotatable bonds is 5. The molecule has 7 nitrogen and oxygen atoms in total. The number of halogens is 6. The van der Waals surface area contributed by atoms with Gasteiger partial charge in [0, 0.05) is 17.6 Å². The van der Waals surface area contributed by atoms with Crippen molar-refractivity contribution in [1.82, 2.24) is 9.36 Å². The first-order chi connectivity index (χ1) is 16.5. The summed E-state index contributed by atoms with van der Waals surface area (Å²) in [5.74, 6) is -3.54. The second-order valence-electron chi connectivity index (χ2n) is 8.05. The van der Waals surface area contributed by atoms with E-state index in [9.17, 15) is 26.7 Å². The quantitative estimate of drug-likeness (QED) is 0.367. The summed E-state index contributed by atoms with van der Waals surface area (Å²) < 4.78 is 79.5. The van der Waals surface area contributed by atoms with Crippen molar-refractivity contribution in [3.05, 3.63) is 53.4 Å². The maximum atomic E-state index is 14.3. The third-order valence-corrected chi connectivity index (χ3v) is 6.24. The molecular weight excluding hydrogens is 529 g/mol. The lowest BCUT2D eigenvalue weighted by molar-refractivity contribution is -0.137. The van der Waals surface area contributed by atoms with E-state index >= 15 is 0 Å². The molecule has 0 unspecified atom stereocenters. The van der Waals surface area contributed by atoms with Crippen LogP contribution in [0.15, 0.2) is 30.5 Å². The van der Waals surface area contributed by atoms with E-state index in [2.05, 4.69) is 14.7 Å². The first kappa shape index (κ1) is 27.6. The Morgan fingerprint density at radius 3 is 2.39 bits per heavy atom. The van der Waals surface area contributed by atoms with Crippen LogP contribution in [0.2, 0.25) is 0 Å². The Bertz CT molecular complexity index is 1230. The van der Waals surface area contributed by atoms with E-state index in [4.69, 9.17) is 16.2 Å². The fourth-order valence-electron chi connectivity index (χ4n) is 3.78. The van der Waals surface area contributed by atoms with E-state index in [1.807, 2.05) is 0 Å². The van der Waals surface area contributed by atoms with Gasteiger partial charge in [0.05, 0.1) is 34.8 Å². The number of benzene rings is 1. The molecule has 36 heavy (non-hydrogen) atoms. The predicted octanol–water partition coefficient (Wildman–Crippen LogP) is 5.41. The van der Waals surface area contributed by atoms with Crippen molar-refractivity contribution < 1.29 is 31.5 Å². The van der Waals surface area contributed by atoms with Crippen LogP contribution < -0.4 is 21.5 Å². The number of nitrogens with two attached hydrogens (primary N) is 2. The van der Waals surface area contributed by atoms with E-state index in [1.165, 1.54) is 6.20 Å². The summed E-state index contributed by atoms with van der Waals surface area (Å²) in [5.41, 5.74) is 6.90. The third kappa shape index (κ3) is 5.85. The second kappa shape index (κ2) is 10.9. The molecule has 1 saturated carbocycles. The highest BCUT2D eigenvalue weighted by molar-refractivity contribution is 7.08. The molecule has 14 heteroatoms. The summed E-state index contributed by atoms with van der Waals surface area (Å²) in [4.78, 5) is 16.6. The number of amides is 1. The van der Waals surface area contributed by atoms with Crippen molar-refractivity contribution in [2.75, 3.05) is 11.1 Å². The fraction of sp³-hybridized carbons (Fsp3) is 0.318. The topological polar surface area (TPSA) is 116 Å². The maximum absolute atomic E-state index is 14.3. The minimum Gasteiger partial charge on any atom is -0.478 e. The average Bonchev–Trinajstić information content (AvgIpc) is 3.21. The third-order valence-electron chi connectivity index (χ3n) is 5.55. The molecule has 4 rings (SSSR count). The van der Waals surface area contributed by atoms with Crippen LogP contribution in [0.4, 0.5) is 33.3 Å². The van der Waals surface area contributed by atoms with Crippen molar-refractivity contribution >= 4 is 41.2 Å². The van der Waals surface area contributed by atoms with Crippen LogP contribution in [0.25, 0.3) is 11.3 Å². The molecule has 1 amide bonds. The molecule has 3 aromatic rings. The standard InChI is InChI=1S/C22H20F5N5O2S.ClH/c23-13-2-1-3-14(24)17(13)18-12(22(25,26)27)8-15(29)19(32-18)20(33)31-16-9-30-35-21(16)34-11-6-4-10(28)5-7-11;/h1-3,8-11H,4-7,28-29H2,(H,31,33);1H/t10-,11-;. The molecule has 0 radical (unpaired) electrons. The van der Waals surface area contributed by atoms with Crippen molar-refractivity contribution in [1.29, 1.82) is 0 Å². The first-order valence-electron chi connectivity index (χ1n) is 10.5.